The quantitative estimate of drug-likeness (QED) is 0.850. The number of hydrogen-bond donors (Lipinski definition) is 1. The van der Waals surface area contributed by atoms with Crippen LogP contribution in [0.3, 0.4) is 0 Å². The molecule has 0 aromatic heterocycles. The van der Waals surface area contributed by atoms with Gasteiger partial charge in [0.15, 0.2) is 5.82 Å². The molecule has 1 rings (SSSR count). The molecule has 1 unspecified atom stereocenters. The number of benzene rings is 1. The summed E-state index contributed by atoms with van der Waals surface area (Å²) >= 11 is 3.11. The van der Waals surface area contributed by atoms with E-state index in [1.165, 1.54) is 13.0 Å². The van der Waals surface area contributed by atoms with Gasteiger partial charge in [0.25, 0.3) is 0 Å². The van der Waals surface area contributed by atoms with Gasteiger partial charge < -0.3 is 5.32 Å². The van der Waals surface area contributed by atoms with Crippen LogP contribution in [0.1, 0.15) is 18.9 Å². The van der Waals surface area contributed by atoms with Crippen molar-refractivity contribution < 1.29 is 13.6 Å². The first-order chi connectivity index (χ1) is 7.47. The van der Waals surface area contributed by atoms with Crippen molar-refractivity contribution in [2.45, 2.75) is 25.1 Å². The number of carbonyl (C=O) groups is 1. The normalized spacial score (nSPS) is 12.3. The maximum absolute atomic E-state index is 13.5. The molecule has 0 heterocycles. The van der Waals surface area contributed by atoms with Crippen molar-refractivity contribution in [2.75, 3.05) is 5.32 Å². The number of halogens is 3. The van der Waals surface area contributed by atoms with Gasteiger partial charge in [0.1, 0.15) is 11.5 Å². The Kier molecular flexibility index (Phi) is 4.41. The first-order valence-electron chi connectivity index (χ1n) is 4.87. The number of alkyl halides is 1. The van der Waals surface area contributed by atoms with E-state index >= 15 is 0 Å². The molecule has 0 fully saturated rings. The van der Waals surface area contributed by atoms with Crippen molar-refractivity contribution in [3.8, 4) is 0 Å². The Labute approximate surface area is 101 Å². The zero-order valence-electron chi connectivity index (χ0n) is 8.98. The average Bonchev–Trinajstić information content (AvgIpc) is 2.28. The summed E-state index contributed by atoms with van der Waals surface area (Å²) in [5.41, 5.74) is -0.0952. The van der Waals surface area contributed by atoms with Crippen molar-refractivity contribution in [3.63, 3.8) is 0 Å². The summed E-state index contributed by atoms with van der Waals surface area (Å²) in [7, 11) is 0. The SMILES string of the molecule is CCC(Br)C(=O)Nc1c(F)ccc(C)c1F. The summed E-state index contributed by atoms with van der Waals surface area (Å²) in [6.07, 6.45) is 0.543. The van der Waals surface area contributed by atoms with Gasteiger partial charge in [0.05, 0.1) is 4.83 Å². The summed E-state index contributed by atoms with van der Waals surface area (Å²) in [6, 6.07) is 2.45. The number of aryl methyl sites for hydroxylation is 1. The zero-order chi connectivity index (χ0) is 12.3. The summed E-state index contributed by atoms with van der Waals surface area (Å²) < 4.78 is 26.8. The summed E-state index contributed by atoms with van der Waals surface area (Å²) in [5.74, 6) is -1.96. The lowest BCUT2D eigenvalue weighted by Crippen LogP contribution is -2.23. The molecule has 88 valence electrons. The molecule has 0 aliphatic rings. The predicted octanol–water partition coefficient (Wildman–Crippen LogP) is 3.39. The van der Waals surface area contributed by atoms with Gasteiger partial charge in [0.2, 0.25) is 5.91 Å². The second-order valence-corrected chi connectivity index (χ2v) is 4.52. The van der Waals surface area contributed by atoms with Crippen LogP contribution in [0.5, 0.6) is 0 Å². The predicted molar refractivity (Wildman–Crippen MR) is 62.7 cm³/mol. The molecule has 5 heteroatoms. The maximum Gasteiger partial charge on any atom is 0.238 e. The van der Waals surface area contributed by atoms with E-state index in [9.17, 15) is 13.6 Å². The van der Waals surface area contributed by atoms with Crippen LogP contribution in [0.15, 0.2) is 12.1 Å². The average molecular weight is 292 g/mol. The molecule has 0 radical (unpaired) electrons. The van der Waals surface area contributed by atoms with Crippen molar-refractivity contribution in [3.05, 3.63) is 29.3 Å². The summed E-state index contributed by atoms with van der Waals surface area (Å²) in [5, 5.41) is 2.23. The number of carbonyl (C=O) groups excluding carboxylic acids is 1. The molecule has 1 amide bonds. The Balaban J connectivity index is 2.97. The van der Waals surface area contributed by atoms with E-state index in [0.29, 0.717) is 12.0 Å². The van der Waals surface area contributed by atoms with Gasteiger partial charge in [-0.05, 0) is 25.0 Å². The monoisotopic (exact) mass is 291 g/mol. The molecule has 1 aromatic carbocycles. The van der Waals surface area contributed by atoms with Gasteiger partial charge in [-0.1, -0.05) is 28.9 Å². The van der Waals surface area contributed by atoms with E-state index in [-0.39, 0.29) is 5.69 Å². The minimum Gasteiger partial charge on any atom is -0.320 e. The van der Waals surface area contributed by atoms with Crippen LogP contribution in [-0.2, 0) is 4.79 Å². The standard InChI is InChI=1S/C11H12BrF2NO/c1-3-7(12)11(16)15-10-8(13)5-4-6(2)9(10)14/h4-5,7H,3H2,1-2H3,(H,15,16). The second-order valence-electron chi connectivity index (χ2n) is 3.42. The molecule has 0 aliphatic heterocycles. The second kappa shape index (κ2) is 5.39. The van der Waals surface area contributed by atoms with Crippen molar-refractivity contribution in [1.29, 1.82) is 0 Å². The van der Waals surface area contributed by atoms with Crippen LogP contribution in [0, 0.1) is 18.6 Å². The third-order valence-corrected chi connectivity index (χ3v) is 3.24. The number of hydrogen-bond acceptors (Lipinski definition) is 1. The third kappa shape index (κ3) is 2.78. The van der Waals surface area contributed by atoms with Crippen LogP contribution < -0.4 is 5.32 Å². The number of amides is 1. The number of anilines is 1. The van der Waals surface area contributed by atoms with E-state index < -0.39 is 22.4 Å². The minimum absolute atomic E-state index is 0.291. The molecule has 16 heavy (non-hydrogen) atoms. The van der Waals surface area contributed by atoms with E-state index in [0.717, 1.165) is 6.07 Å². The molecule has 1 N–H and O–H groups in total. The molecule has 0 saturated heterocycles. The zero-order valence-corrected chi connectivity index (χ0v) is 10.6. The molecule has 2 nitrogen and oxygen atoms in total. The molecule has 1 atom stereocenters. The number of nitrogens with one attached hydrogen (secondary N) is 1. The van der Waals surface area contributed by atoms with Crippen molar-refractivity contribution >= 4 is 27.5 Å². The topological polar surface area (TPSA) is 29.1 Å². The highest BCUT2D eigenvalue weighted by atomic mass is 79.9. The van der Waals surface area contributed by atoms with Gasteiger partial charge in [-0.2, -0.15) is 0 Å². The number of rotatable bonds is 3. The maximum atomic E-state index is 13.5. The lowest BCUT2D eigenvalue weighted by Gasteiger charge is -2.11. The van der Waals surface area contributed by atoms with Gasteiger partial charge in [-0.25, -0.2) is 8.78 Å². The molecule has 0 spiro atoms. The van der Waals surface area contributed by atoms with E-state index in [4.69, 9.17) is 0 Å². The smallest absolute Gasteiger partial charge is 0.238 e. The fourth-order valence-electron chi connectivity index (χ4n) is 1.16. The lowest BCUT2D eigenvalue weighted by atomic mass is 10.2. The van der Waals surface area contributed by atoms with Crippen molar-refractivity contribution in [2.24, 2.45) is 0 Å². The highest BCUT2D eigenvalue weighted by Crippen LogP contribution is 2.22. The largest absolute Gasteiger partial charge is 0.320 e. The molecule has 0 aliphatic carbocycles. The third-order valence-electron chi connectivity index (χ3n) is 2.18. The van der Waals surface area contributed by atoms with Crippen LogP contribution in [0.2, 0.25) is 0 Å². The van der Waals surface area contributed by atoms with E-state index in [2.05, 4.69) is 21.2 Å². The molecular formula is C11H12BrF2NO. The minimum atomic E-state index is -0.771. The first-order valence-corrected chi connectivity index (χ1v) is 5.78. The molecule has 1 aromatic rings. The van der Waals surface area contributed by atoms with Gasteiger partial charge >= 0.3 is 0 Å². The van der Waals surface area contributed by atoms with Crippen molar-refractivity contribution in [1.82, 2.24) is 0 Å². The summed E-state index contributed by atoms with van der Waals surface area (Å²) in [6.45, 7) is 3.30. The highest BCUT2D eigenvalue weighted by molar-refractivity contribution is 9.10. The van der Waals surface area contributed by atoms with Crippen LogP contribution in [0.25, 0.3) is 0 Å². The Bertz CT molecular complexity index is 409. The van der Waals surface area contributed by atoms with Crippen LogP contribution in [-0.4, -0.2) is 10.7 Å². The first kappa shape index (κ1) is 13.1. The van der Waals surface area contributed by atoms with Crippen LogP contribution >= 0.6 is 15.9 Å². The van der Waals surface area contributed by atoms with E-state index in [1.54, 1.807) is 6.92 Å². The molecule has 0 bridgehead atoms. The van der Waals surface area contributed by atoms with Gasteiger partial charge in [-0.15, -0.1) is 0 Å². The summed E-state index contributed by atoms with van der Waals surface area (Å²) in [4.78, 5) is 11.0. The highest BCUT2D eigenvalue weighted by Gasteiger charge is 2.18. The Hall–Kier alpha value is -0.970. The lowest BCUT2D eigenvalue weighted by molar-refractivity contribution is -0.115. The molecule has 0 saturated carbocycles. The molecular weight excluding hydrogens is 280 g/mol. The Morgan fingerprint density at radius 2 is 2.12 bits per heavy atom. The fourth-order valence-corrected chi connectivity index (χ4v) is 1.27. The fraction of sp³-hybridized carbons (Fsp3) is 0.364. The van der Waals surface area contributed by atoms with Gasteiger partial charge in [-0.3, -0.25) is 4.79 Å². The Morgan fingerprint density at radius 1 is 1.50 bits per heavy atom. The van der Waals surface area contributed by atoms with E-state index in [1.807, 2.05) is 0 Å². The Morgan fingerprint density at radius 3 is 2.69 bits per heavy atom. The van der Waals surface area contributed by atoms with Crippen LogP contribution in [0.4, 0.5) is 14.5 Å². The van der Waals surface area contributed by atoms with Gasteiger partial charge in [0, 0.05) is 0 Å².